The standard InChI is InChI=1S/C27H21Cl3N2O5/c1-3-36-24-12-16(6-9-23(24)37-14-17-5-8-20(29)21(30)11-17)10-19-25(33)31-27(35)32(26(19)34)22-13-18(28)7-4-15(22)2/h4-13H,3,14H2,1-2H3,(H,31,33,35)/b19-10+. The summed E-state index contributed by atoms with van der Waals surface area (Å²) in [5, 5.41) is 3.43. The van der Waals surface area contributed by atoms with Gasteiger partial charge >= 0.3 is 6.03 Å². The fourth-order valence-corrected chi connectivity index (χ4v) is 4.15. The van der Waals surface area contributed by atoms with Crippen molar-refractivity contribution in [1.82, 2.24) is 5.32 Å². The number of urea groups is 1. The number of hydrogen-bond acceptors (Lipinski definition) is 5. The molecule has 1 aliphatic heterocycles. The summed E-state index contributed by atoms with van der Waals surface area (Å²) in [5.41, 5.74) is 2.03. The molecular weight excluding hydrogens is 539 g/mol. The molecule has 1 aliphatic rings. The molecule has 0 aliphatic carbocycles. The van der Waals surface area contributed by atoms with Gasteiger partial charge in [0.2, 0.25) is 0 Å². The van der Waals surface area contributed by atoms with Crippen molar-refractivity contribution in [3.05, 3.63) is 91.9 Å². The molecule has 0 spiro atoms. The molecule has 3 aromatic rings. The molecular formula is C27H21Cl3N2O5. The number of carbonyl (C=O) groups excluding carboxylic acids is 3. The average Bonchev–Trinajstić information content (AvgIpc) is 2.85. The highest BCUT2D eigenvalue weighted by atomic mass is 35.5. The Morgan fingerprint density at radius 2 is 1.68 bits per heavy atom. The van der Waals surface area contributed by atoms with Gasteiger partial charge in [0.05, 0.1) is 22.3 Å². The molecule has 4 amide bonds. The molecule has 37 heavy (non-hydrogen) atoms. The summed E-state index contributed by atoms with van der Waals surface area (Å²) >= 11 is 18.1. The number of hydrogen-bond donors (Lipinski definition) is 1. The van der Waals surface area contributed by atoms with Crippen LogP contribution in [0.5, 0.6) is 11.5 Å². The van der Waals surface area contributed by atoms with Gasteiger partial charge in [-0.15, -0.1) is 0 Å². The van der Waals surface area contributed by atoms with Crippen molar-refractivity contribution < 1.29 is 23.9 Å². The van der Waals surface area contributed by atoms with Gasteiger partial charge in [-0.05, 0) is 73.0 Å². The normalized spacial score (nSPS) is 14.7. The number of nitrogens with one attached hydrogen (secondary N) is 1. The zero-order valence-corrected chi connectivity index (χ0v) is 22.1. The first-order valence-electron chi connectivity index (χ1n) is 11.2. The molecule has 0 saturated carbocycles. The van der Waals surface area contributed by atoms with E-state index in [1.807, 2.05) is 6.92 Å². The second kappa shape index (κ2) is 11.3. The van der Waals surface area contributed by atoms with Crippen molar-refractivity contribution in [2.75, 3.05) is 11.5 Å². The Labute approximate surface area is 228 Å². The molecule has 7 nitrogen and oxygen atoms in total. The second-order valence-corrected chi connectivity index (χ2v) is 9.32. The number of amides is 4. The highest BCUT2D eigenvalue weighted by Gasteiger charge is 2.37. The van der Waals surface area contributed by atoms with Crippen molar-refractivity contribution >= 4 is 64.4 Å². The molecule has 1 heterocycles. The molecule has 190 valence electrons. The minimum absolute atomic E-state index is 0.217. The monoisotopic (exact) mass is 558 g/mol. The Hall–Kier alpha value is -3.52. The summed E-state index contributed by atoms with van der Waals surface area (Å²) in [6.07, 6.45) is 1.39. The van der Waals surface area contributed by atoms with Crippen LogP contribution in [0, 0.1) is 6.92 Å². The lowest BCUT2D eigenvalue weighted by Gasteiger charge is -2.27. The molecule has 10 heteroatoms. The van der Waals surface area contributed by atoms with Gasteiger partial charge in [0.25, 0.3) is 11.8 Å². The quantitative estimate of drug-likeness (QED) is 0.260. The molecule has 1 N–H and O–H groups in total. The average molecular weight is 560 g/mol. The number of benzene rings is 3. The van der Waals surface area contributed by atoms with Gasteiger partial charge < -0.3 is 9.47 Å². The SMILES string of the molecule is CCOc1cc(/C=C2\C(=O)NC(=O)N(c3cc(Cl)ccc3C)C2=O)ccc1OCc1ccc(Cl)c(Cl)c1. The van der Waals surface area contributed by atoms with E-state index in [1.165, 1.54) is 12.1 Å². The molecule has 0 unspecified atom stereocenters. The maximum absolute atomic E-state index is 13.3. The number of carbonyl (C=O) groups is 3. The van der Waals surface area contributed by atoms with Crippen LogP contribution in [0.3, 0.4) is 0 Å². The minimum Gasteiger partial charge on any atom is -0.490 e. The number of aryl methyl sites for hydroxylation is 1. The topological polar surface area (TPSA) is 84.9 Å². The number of anilines is 1. The molecule has 4 rings (SSSR count). The van der Waals surface area contributed by atoms with Gasteiger partial charge in [-0.1, -0.05) is 53.0 Å². The molecule has 0 aromatic heterocycles. The maximum Gasteiger partial charge on any atom is 0.335 e. The van der Waals surface area contributed by atoms with E-state index in [1.54, 1.807) is 55.5 Å². The van der Waals surface area contributed by atoms with Gasteiger partial charge in [-0.3, -0.25) is 14.9 Å². The van der Waals surface area contributed by atoms with Crippen LogP contribution in [-0.4, -0.2) is 24.5 Å². The Bertz CT molecular complexity index is 1440. The number of halogens is 3. The van der Waals surface area contributed by atoms with Crippen LogP contribution in [0.15, 0.2) is 60.2 Å². The summed E-state index contributed by atoms with van der Waals surface area (Å²) in [4.78, 5) is 39.3. The highest BCUT2D eigenvalue weighted by Crippen LogP contribution is 2.32. The van der Waals surface area contributed by atoms with Crippen LogP contribution in [0.25, 0.3) is 6.08 Å². The van der Waals surface area contributed by atoms with Crippen molar-refractivity contribution in [3.63, 3.8) is 0 Å². The summed E-state index contributed by atoms with van der Waals surface area (Å²) < 4.78 is 11.6. The Kier molecular flexibility index (Phi) is 8.07. The zero-order chi connectivity index (χ0) is 26.7. The van der Waals surface area contributed by atoms with Crippen LogP contribution < -0.4 is 19.7 Å². The summed E-state index contributed by atoms with van der Waals surface area (Å²) in [6.45, 7) is 4.13. The first-order valence-corrected chi connectivity index (χ1v) is 12.3. The lowest BCUT2D eigenvalue weighted by Crippen LogP contribution is -2.54. The third-order valence-corrected chi connectivity index (χ3v) is 6.44. The van der Waals surface area contributed by atoms with Crippen LogP contribution >= 0.6 is 34.8 Å². The Morgan fingerprint density at radius 1 is 0.892 bits per heavy atom. The van der Waals surface area contributed by atoms with E-state index >= 15 is 0 Å². The van der Waals surface area contributed by atoms with Gasteiger partial charge in [0.1, 0.15) is 12.2 Å². The summed E-state index contributed by atoms with van der Waals surface area (Å²) in [7, 11) is 0. The molecule has 1 saturated heterocycles. The third kappa shape index (κ3) is 5.91. The van der Waals surface area contributed by atoms with E-state index in [-0.39, 0.29) is 17.9 Å². The van der Waals surface area contributed by atoms with E-state index in [0.29, 0.717) is 44.3 Å². The van der Waals surface area contributed by atoms with E-state index < -0.39 is 17.8 Å². The largest absolute Gasteiger partial charge is 0.490 e. The Balaban J connectivity index is 1.63. The lowest BCUT2D eigenvalue weighted by molar-refractivity contribution is -0.122. The number of nitrogens with zero attached hydrogens (tertiary/aromatic N) is 1. The Morgan fingerprint density at radius 3 is 2.41 bits per heavy atom. The number of ether oxygens (including phenoxy) is 2. The first kappa shape index (κ1) is 26.5. The number of imide groups is 2. The van der Waals surface area contributed by atoms with Crippen LogP contribution in [0.1, 0.15) is 23.6 Å². The summed E-state index contributed by atoms with van der Waals surface area (Å²) in [6, 6.07) is 14.2. The van der Waals surface area contributed by atoms with E-state index in [4.69, 9.17) is 44.3 Å². The molecule has 0 bridgehead atoms. The predicted octanol–water partition coefficient (Wildman–Crippen LogP) is 6.60. The fourth-order valence-electron chi connectivity index (χ4n) is 3.66. The van der Waals surface area contributed by atoms with E-state index in [0.717, 1.165) is 10.5 Å². The molecule has 0 atom stereocenters. The van der Waals surface area contributed by atoms with Crippen molar-refractivity contribution in [2.24, 2.45) is 0 Å². The molecule has 1 fully saturated rings. The third-order valence-electron chi connectivity index (χ3n) is 5.47. The number of barbiturate groups is 1. The van der Waals surface area contributed by atoms with Gasteiger partial charge in [0, 0.05) is 5.02 Å². The number of rotatable bonds is 7. The lowest BCUT2D eigenvalue weighted by atomic mass is 10.1. The first-order chi connectivity index (χ1) is 17.7. The molecule has 0 radical (unpaired) electrons. The van der Waals surface area contributed by atoms with Gasteiger partial charge in [0.15, 0.2) is 11.5 Å². The highest BCUT2D eigenvalue weighted by molar-refractivity contribution is 6.42. The summed E-state index contributed by atoms with van der Waals surface area (Å²) in [5.74, 6) is -0.694. The smallest absolute Gasteiger partial charge is 0.335 e. The van der Waals surface area contributed by atoms with Crippen molar-refractivity contribution in [3.8, 4) is 11.5 Å². The van der Waals surface area contributed by atoms with Crippen LogP contribution in [0.2, 0.25) is 15.1 Å². The second-order valence-electron chi connectivity index (χ2n) is 8.06. The maximum atomic E-state index is 13.3. The van der Waals surface area contributed by atoms with Crippen LogP contribution in [0.4, 0.5) is 10.5 Å². The van der Waals surface area contributed by atoms with Crippen molar-refractivity contribution in [1.29, 1.82) is 0 Å². The van der Waals surface area contributed by atoms with Crippen LogP contribution in [-0.2, 0) is 16.2 Å². The van der Waals surface area contributed by atoms with Crippen molar-refractivity contribution in [2.45, 2.75) is 20.5 Å². The minimum atomic E-state index is -0.849. The van der Waals surface area contributed by atoms with E-state index in [9.17, 15) is 14.4 Å². The van der Waals surface area contributed by atoms with Gasteiger partial charge in [-0.2, -0.15) is 0 Å². The van der Waals surface area contributed by atoms with Gasteiger partial charge in [-0.25, -0.2) is 9.69 Å². The fraction of sp³-hybridized carbons (Fsp3) is 0.148. The van der Waals surface area contributed by atoms with E-state index in [2.05, 4.69) is 5.32 Å². The predicted molar refractivity (Wildman–Crippen MR) is 144 cm³/mol. The zero-order valence-electron chi connectivity index (χ0n) is 19.8. The molecule has 3 aromatic carbocycles.